The lowest BCUT2D eigenvalue weighted by atomic mass is 9.93. The largest absolute Gasteiger partial charge is 0.493 e. The predicted molar refractivity (Wildman–Crippen MR) is 74.0 cm³/mol. The van der Waals surface area contributed by atoms with Crippen molar-refractivity contribution in [1.82, 2.24) is 5.32 Å². The number of para-hydroxylation sites is 1. The molecule has 0 aliphatic carbocycles. The average Bonchev–Trinajstić information content (AvgIpc) is 2.42. The Balaban J connectivity index is 2.01. The molecule has 96 valence electrons. The highest BCUT2D eigenvalue weighted by molar-refractivity contribution is 5.77. The van der Waals surface area contributed by atoms with Gasteiger partial charge in [-0.25, -0.2) is 0 Å². The zero-order chi connectivity index (χ0) is 12.8. The van der Waals surface area contributed by atoms with E-state index in [1.807, 2.05) is 18.2 Å². The number of benzene rings is 1. The second-order valence-electron chi connectivity index (χ2n) is 4.27. The Bertz CT molecular complexity index is 442. The van der Waals surface area contributed by atoms with Crippen LogP contribution in [0.25, 0.3) is 0 Å². The number of hydrogen-bond donors (Lipinski definition) is 2. The second-order valence-corrected chi connectivity index (χ2v) is 4.27. The number of guanidine groups is 1. The van der Waals surface area contributed by atoms with E-state index in [0.717, 1.165) is 18.8 Å². The minimum Gasteiger partial charge on any atom is -0.493 e. The van der Waals surface area contributed by atoms with E-state index >= 15 is 0 Å². The smallest absolute Gasteiger partial charge is 0.188 e. The second kappa shape index (κ2) is 6.10. The Hall–Kier alpha value is -1.97. The number of nitrogens with two attached hydrogens (primary N) is 1. The Morgan fingerprint density at radius 3 is 3.22 bits per heavy atom. The number of ether oxygens (including phenoxy) is 1. The summed E-state index contributed by atoms with van der Waals surface area (Å²) in [6, 6.07) is 8.13. The summed E-state index contributed by atoms with van der Waals surface area (Å²) < 4.78 is 5.62. The quantitative estimate of drug-likeness (QED) is 0.481. The third-order valence-corrected chi connectivity index (χ3v) is 2.99. The van der Waals surface area contributed by atoms with Gasteiger partial charge in [0.1, 0.15) is 5.75 Å². The van der Waals surface area contributed by atoms with Crippen LogP contribution in [-0.4, -0.2) is 25.7 Å². The molecule has 3 N–H and O–H groups in total. The third kappa shape index (κ3) is 3.03. The van der Waals surface area contributed by atoms with Crippen molar-refractivity contribution in [3.8, 4) is 5.75 Å². The van der Waals surface area contributed by atoms with Crippen molar-refractivity contribution in [1.29, 1.82) is 0 Å². The van der Waals surface area contributed by atoms with Gasteiger partial charge in [-0.3, -0.25) is 4.99 Å². The summed E-state index contributed by atoms with van der Waals surface area (Å²) in [4.78, 5) is 4.36. The maximum atomic E-state index is 5.76. The summed E-state index contributed by atoms with van der Waals surface area (Å²) >= 11 is 0. The lowest BCUT2D eigenvalue weighted by Gasteiger charge is -2.24. The normalized spacial score (nSPS) is 18.7. The molecule has 1 aliphatic heterocycles. The molecule has 1 atom stereocenters. The van der Waals surface area contributed by atoms with Crippen LogP contribution >= 0.6 is 0 Å². The molecule has 4 nitrogen and oxygen atoms in total. The van der Waals surface area contributed by atoms with Crippen molar-refractivity contribution in [2.75, 3.05) is 19.7 Å². The summed E-state index contributed by atoms with van der Waals surface area (Å²) in [7, 11) is 0. The summed E-state index contributed by atoms with van der Waals surface area (Å²) in [6.07, 6.45) is 2.74. The van der Waals surface area contributed by atoms with E-state index in [-0.39, 0.29) is 0 Å². The molecule has 4 heteroatoms. The molecular formula is C14H19N3O. The van der Waals surface area contributed by atoms with Gasteiger partial charge in [-0.05, 0) is 18.1 Å². The molecule has 2 rings (SSSR count). The van der Waals surface area contributed by atoms with Gasteiger partial charge < -0.3 is 15.8 Å². The van der Waals surface area contributed by atoms with Crippen molar-refractivity contribution >= 4 is 5.96 Å². The number of nitrogens with zero attached hydrogens (tertiary/aromatic N) is 1. The number of nitrogens with one attached hydrogen (secondary N) is 1. The average molecular weight is 245 g/mol. The van der Waals surface area contributed by atoms with Crippen LogP contribution < -0.4 is 15.8 Å². The van der Waals surface area contributed by atoms with Crippen molar-refractivity contribution in [3.63, 3.8) is 0 Å². The molecule has 0 aromatic heterocycles. The molecule has 1 aromatic rings. The molecule has 0 bridgehead atoms. The van der Waals surface area contributed by atoms with Gasteiger partial charge in [-0.2, -0.15) is 0 Å². The van der Waals surface area contributed by atoms with Crippen LogP contribution in [0, 0.1) is 0 Å². The van der Waals surface area contributed by atoms with Crippen molar-refractivity contribution in [3.05, 3.63) is 42.5 Å². The van der Waals surface area contributed by atoms with Crippen LogP contribution in [0.5, 0.6) is 5.75 Å². The minimum absolute atomic E-state index is 0.388. The van der Waals surface area contributed by atoms with E-state index in [9.17, 15) is 0 Å². The third-order valence-electron chi connectivity index (χ3n) is 2.99. The molecule has 0 spiro atoms. The summed E-state index contributed by atoms with van der Waals surface area (Å²) in [6.45, 7) is 5.70. The van der Waals surface area contributed by atoms with E-state index in [0.29, 0.717) is 25.0 Å². The van der Waals surface area contributed by atoms with E-state index in [4.69, 9.17) is 10.5 Å². The molecule has 1 unspecified atom stereocenters. The first-order valence-corrected chi connectivity index (χ1v) is 6.17. The molecule has 0 saturated carbocycles. The van der Waals surface area contributed by atoms with Gasteiger partial charge >= 0.3 is 0 Å². The lowest BCUT2D eigenvalue weighted by Crippen LogP contribution is -2.32. The molecule has 0 fully saturated rings. The van der Waals surface area contributed by atoms with Gasteiger partial charge in [-0.15, -0.1) is 6.58 Å². The monoisotopic (exact) mass is 245 g/mol. The van der Waals surface area contributed by atoms with Crippen molar-refractivity contribution < 1.29 is 4.74 Å². The first kappa shape index (κ1) is 12.5. The molecular weight excluding hydrogens is 226 g/mol. The number of hydrogen-bond acceptors (Lipinski definition) is 2. The van der Waals surface area contributed by atoms with Gasteiger partial charge in [0.2, 0.25) is 0 Å². The summed E-state index contributed by atoms with van der Waals surface area (Å²) in [5.74, 6) is 1.83. The van der Waals surface area contributed by atoms with E-state index < -0.39 is 0 Å². The zero-order valence-corrected chi connectivity index (χ0v) is 10.4. The standard InChI is InChI=1S/C14H19N3O/c1-2-8-16-14(15)17-10-11-7-9-18-13-6-4-3-5-12(11)13/h2-6,11H,1,7-10H2,(H3,15,16,17). The molecule has 1 aromatic carbocycles. The van der Waals surface area contributed by atoms with E-state index in [1.165, 1.54) is 5.56 Å². The lowest BCUT2D eigenvalue weighted by molar-refractivity contribution is 0.269. The summed E-state index contributed by atoms with van der Waals surface area (Å²) in [5.41, 5.74) is 6.98. The van der Waals surface area contributed by atoms with Crippen LogP contribution in [0.2, 0.25) is 0 Å². The first-order valence-electron chi connectivity index (χ1n) is 6.17. The first-order chi connectivity index (χ1) is 8.81. The van der Waals surface area contributed by atoms with E-state index in [2.05, 4.69) is 23.0 Å². The maximum absolute atomic E-state index is 5.76. The number of aliphatic imine (C=N–C) groups is 1. The number of rotatable bonds is 4. The van der Waals surface area contributed by atoms with E-state index in [1.54, 1.807) is 6.08 Å². The van der Waals surface area contributed by atoms with Crippen LogP contribution in [0.15, 0.2) is 41.9 Å². The highest BCUT2D eigenvalue weighted by atomic mass is 16.5. The number of fused-ring (bicyclic) bond motifs is 1. The van der Waals surface area contributed by atoms with Crippen LogP contribution in [0.3, 0.4) is 0 Å². The van der Waals surface area contributed by atoms with Gasteiger partial charge in [-0.1, -0.05) is 24.3 Å². The fraction of sp³-hybridized carbons (Fsp3) is 0.357. The molecule has 0 saturated heterocycles. The van der Waals surface area contributed by atoms with Gasteiger partial charge in [0.25, 0.3) is 0 Å². The van der Waals surface area contributed by atoms with Gasteiger partial charge in [0, 0.05) is 19.0 Å². The zero-order valence-electron chi connectivity index (χ0n) is 10.4. The topological polar surface area (TPSA) is 59.6 Å². The van der Waals surface area contributed by atoms with Crippen LogP contribution in [0.4, 0.5) is 0 Å². The van der Waals surface area contributed by atoms with Crippen LogP contribution in [-0.2, 0) is 0 Å². The Morgan fingerprint density at radius 1 is 1.56 bits per heavy atom. The molecule has 18 heavy (non-hydrogen) atoms. The van der Waals surface area contributed by atoms with Gasteiger partial charge in [0.05, 0.1) is 6.61 Å². The molecule has 1 aliphatic rings. The van der Waals surface area contributed by atoms with Crippen molar-refractivity contribution in [2.24, 2.45) is 10.7 Å². The molecule has 1 heterocycles. The molecule has 0 radical (unpaired) electrons. The van der Waals surface area contributed by atoms with Crippen LogP contribution in [0.1, 0.15) is 17.9 Å². The Kier molecular flexibility index (Phi) is 4.23. The highest BCUT2D eigenvalue weighted by Crippen LogP contribution is 2.33. The fourth-order valence-electron chi connectivity index (χ4n) is 2.05. The fourth-order valence-corrected chi connectivity index (χ4v) is 2.05. The Labute approximate surface area is 108 Å². The Morgan fingerprint density at radius 2 is 2.39 bits per heavy atom. The predicted octanol–water partition coefficient (Wildman–Crippen LogP) is 1.64. The highest BCUT2D eigenvalue weighted by Gasteiger charge is 2.20. The summed E-state index contributed by atoms with van der Waals surface area (Å²) in [5, 5.41) is 2.97. The van der Waals surface area contributed by atoms with Crippen molar-refractivity contribution in [2.45, 2.75) is 12.3 Å². The maximum Gasteiger partial charge on any atom is 0.188 e. The SMILES string of the molecule is C=CCNC(N)=NCC1CCOc2ccccc21. The molecule has 0 amide bonds. The van der Waals surface area contributed by atoms with Gasteiger partial charge in [0.15, 0.2) is 5.96 Å². The minimum atomic E-state index is 0.388.